The van der Waals surface area contributed by atoms with Gasteiger partial charge in [-0.15, -0.1) is 0 Å². The minimum atomic E-state index is -4.86. The summed E-state index contributed by atoms with van der Waals surface area (Å²) in [5.74, 6) is 0.610. The van der Waals surface area contributed by atoms with Gasteiger partial charge in [0.1, 0.15) is 0 Å². The predicted octanol–water partition coefficient (Wildman–Crippen LogP) is 6.63. The number of anilines is 2. The van der Waals surface area contributed by atoms with Gasteiger partial charge in [-0.05, 0) is 92.4 Å². The van der Waals surface area contributed by atoms with Crippen LogP contribution in [0.4, 0.5) is 37.7 Å². The highest BCUT2D eigenvalue weighted by Gasteiger charge is 2.38. The summed E-state index contributed by atoms with van der Waals surface area (Å²) in [6, 6.07) is 7.76. The van der Waals surface area contributed by atoms with E-state index in [4.69, 9.17) is 0 Å². The highest BCUT2D eigenvalue weighted by molar-refractivity contribution is 7.79. The zero-order chi connectivity index (χ0) is 25.6. The van der Waals surface area contributed by atoms with Crippen LogP contribution in [0, 0.1) is 5.92 Å². The SMILES string of the molecule is CS.FC(F)(F)c1ccc(CN2CCCc3cc(NCC4CCNCC4)ccc32)c(C(F)(F)F)c1. The molecular weight excluding hydrogens is 488 g/mol. The van der Waals surface area contributed by atoms with E-state index < -0.39 is 23.5 Å². The number of rotatable bonds is 5. The minimum absolute atomic E-state index is 0.0954. The minimum Gasteiger partial charge on any atom is -0.385 e. The second-order valence-corrected chi connectivity index (χ2v) is 8.81. The first-order valence-electron chi connectivity index (χ1n) is 11.7. The van der Waals surface area contributed by atoms with Crippen molar-refractivity contribution in [3.63, 3.8) is 0 Å². The van der Waals surface area contributed by atoms with Gasteiger partial charge in [-0.3, -0.25) is 0 Å². The third kappa shape index (κ3) is 7.22. The first-order valence-corrected chi connectivity index (χ1v) is 12.6. The van der Waals surface area contributed by atoms with E-state index in [1.54, 1.807) is 6.26 Å². The van der Waals surface area contributed by atoms with Crippen LogP contribution in [0.2, 0.25) is 0 Å². The molecule has 0 spiro atoms. The Kier molecular flexibility index (Phi) is 9.26. The Balaban J connectivity index is 0.00000167. The van der Waals surface area contributed by atoms with E-state index >= 15 is 0 Å². The lowest BCUT2D eigenvalue weighted by Gasteiger charge is -2.33. The lowest BCUT2D eigenvalue weighted by molar-refractivity contribution is -0.143. The molecule has 2 heterocycles. The molecule has 2 aromatic rings. The van der Waals surface area contributed by atoms with E-state index in [1.807, 2.05) is 23.1 Å². The van der Waals surface area contributed by atoms with Crippen LogP contribution >= 0.6 is 12.6 Å². The molecule has 1 fully saturated rings. The molecule has 0 unspecified atom stereocenters. The van der Waals surface area contributed by atoms with Gasteiger partial charge in [0.2, 0.25) is 0 Å². The van der Waals surface area contributed by atoms with Crippen molar-refractivity contribution in [3.8, 4) is 0 Å². The van der Waals surface area contributed by atoms with Crippen molar-refractivity contribution in [1.82, 2.24) is 5.32 Å². The number of halogens is 6. The Hall–Kier alpha value is -2.07. The number of piperidine rings is 1. The van der Waals surface area contributed by atoms with Gasteiger partial charge >= 0.3 is 12.4 Å². The fourth-order valence-corrected chi connectivity index (χ4v) is 4.66. The molecule has 2 aromatic carbocycles. The smallest absolute Gasteiger partial charge is 0.385 e. The normalized spacial score (nSPS) is 16.9. The number of aryl methyl sites for hydroxylation is 1. The summed E-state index contributed by atoms with van der Waals surface area (Å²) < 4.78 is 79.6. The van der Waals surface area contributed by atoms with Crippen LogP contribution in [-0.4, -0.2) is 32.4 Å². The second-order valence-electron chi connectivity index (χ2n) is 8.81. The van der Waals surface area contributed by atoms with E-state index in [0.717, 1.165) is 74.4 Å². The van der Waals surface area contributed by atoms with Crippen LogP contribution in [0.5, 0.6) is 0 Å². The molecule has 35 heavy (non-hydrogen) atoms. The number of benzene rings is 2. The number of fused-ring (bicyclic) bond motifs is 1. The van der Waals surface area contributed by atoms with Crippen LogP contribution in [0.25, 0.3) is 0 Å². The molecule has 2 aliphatic heterocycles. The quantitative estimate of drug-likeness (QED) is 0.306. The molecule has 0 bridgehead atoms. The fourth-order valence-electron chi connectivity index (χ4n) is 4.66. The molecule has 2 N–H and O–H groups in total. The van der Waals surface area contributed by atoms with Gasteiger partial charge in [-0.2, -0.15) is 39.0 Å². The lowest BCUT2D eigenvalue weighted by atomic mass is 9.97. The van der Waals surface area contributed by atoms with Crippen LogP contribution in [0.3, 0.4) is 0 Å². The first-order chi connectivity index (χ1) is 16.6. The second kappa shape index (κ2) is 11.8. The summed E-state index contributed by atoms with van der Waals surface area (Å²) in [5, 5.41) is 6.82. The monoisotopic (exact) mass is 519 g/mol. The molecule has 0 amide bonds. The summed E-state index contributed by atoms with van der Waals surface area (Å²) in [4.78, 5) is 1.83. The van der Waals surface area contributed by atoms with Gasteiger partial charge in [-0.25, -0.2) is 0 Å². The van der Waals surface area contributed by atoms with Crippen molar-refractivity contribution in [2.75, 3.05) is 42.7 Å². The van der Waals surface area contributed by atoms with Crippen molar-refractivity contribution in [3.05, 3.63) is 58.7 Å². The average Bonchev–Trinajstić information content (AvgIpc) is 2.83. The maximum Gasteiger partial charge on any atom is 0.416 e. The number of hydrogen-bond donors (Lipinski definition) is 3. The van der Waals surface area contributed by atoms with Gasteiger partial charge in [0.05, 0.1) is 11.1 Å². The summed E-state index contributed by atoms with van der Waals surface area (Å²) >= 11 is 3.53. The van der Waals surface area contributed by atoms with Crippen molar-refractivity contribution in [2.24, 2.45) is 5.92 Å². The summed E-state index contributed by atoms with van der Waals surface area (Å²) in [6.07, 6.45) is -4.16. The predicted molar refractivity (Wildman–Crippen MR) is 131 cm³/mol. The van der Waals surface area contributed by atoms with E-state index in [-0.39, 0.29) is 18.2 Å². The number of nitrogens with zero attached hydrogens (tertiary/aromatic N) is 1. The maximum atomic E-state index is 13.6. The van der Waals surface area contributed by atoms with Crippen molar-refractivity contribution in [1.29, 1.82) is 0 Å². The van der Waals surface area contributed by atoms with Gasteiger partial charge in [-0.1, -0.05) is 6.07 Å². The van der Waals surface area contributed by atoms with E-state index in [9.17, 15) is 26.3 Å². The zero-order valence-corrected chi connectivity index (χ0v) is 20.5. The highest BCUT2D eigenvalue weighted by Crippen LogP contribution is 2.39. The highest BCUT2D eigenvalue weighted by atomic mass is 32.1. The fraction of sp³-hybridized carbons (Fsp3) is 0.520. The van der Waals surface area contributed by atoms with Gasteiger partial charge in [0.15, 0.2) is 0 Å². The Morgan fingerprint density at radius 3 is 2.34 bits per heavy atom. The van der Waals surface area contributed by atoms with Crippen molar-refractivity contribution in [2.45, 2.75) is 44.6 Å². The first kappa shape index (κ1) is 27.5. The number of thiol groups is 1. The summed E-state index contributed by atoms with van der Waals surface area (Å²) in [5.41, 5.74) is 0.182. The molecule has 0 atom stereocenters. The summed E-state index contributed by atoms with van der Waals surface area (Å²) in [7, 11) is 0. The Labute approximate surface area is 207 Å². The molecule has 0 aromatic heterocycles. The molecule has 10 heteroatoms. The van der Waals surface area contributed by atoms with Crippen LogP contribution in [-0.2, 0) is 25.3 Å². The Morgan fingerprint density at radius 2 is 1.69 bits per heavy atom. The molecule has 3 nitrogen and oxygen atoms in total. The molecule has 0 saturated carbocycles. The lowest BCUT2D eigenvalue weighted by Crippen LogP contribution is -2.31. The van der Waals surface area contributed by atoms with Crippen LogP contribution < -0.4 is 15.5 Å². The average molecular weight is 520 g/mol. The van der Waals surface area contributed by atoms with Crippen LogP contribution in [0.15, 0.2) is 36.4 Å². The van der Waals surface area contributed by atoms with E-state index in [2.05, 4.69) is 23.3 Å². The molecule has 0 radical (unpaired) electrons. The molecule has 1 saturated heterocycles. The topological polar surface area (TPSA) is 27.3 Å². The Bertz CT molecular complexity index is 971. The van der Waals surface area contributed by atoms with E-state index in [1.165, 1.54) is 0 Å². The van der Waals surface area contributed by atoms with Crippen molar-refractivity contribution >= 4 is 24.0 Å². The number of nitrogens with one attached hydrogen (secondary N) is 2. The zero-order valence-electron chi connectivity index (χ0n) is 19.6. The maximum absolute atomic E-state index is 13.6. The standard InChI is InChI=1S/C24H27F6N3.CH4S/c25-23(26,27)19-4-3-18(21(13-19)24(28,29)30)15-33-11-1-2-17-12-20(5-6-22(17)33)32-14-16-7-9-31-10-8-16;1-2/h3-6,12-13,16,31-32H,1-2,7-11,14-15H2;2H,1H3. The van der Waals surface area contributed by atoms with Gasteiger partial charge in [0, 0.05) is 31.0 Å². The summed E-state index contributed by atoms with van der Waals surface area (Å²) in [6.45, 7) is 3.38. The van der Waals surface area contributed by atoms with Gasteiger partial charge in [0.25, 0.3) is 0 Å². The molecular formula is C25H31F6N3S. The Morgan fingerprint density at radius 1 is 0.971 bits per heavy atom. The third-order valence-electron chi connectivity index (χ3n) is 6.45. The van der Waals surface area contributed by atoms with E-state index in [0.29, 0.717) is 12.5 Å². The van der Waals surface area contributed by atoms with Crippen LogP contribution in [0.1, 0.15) is 41.5 Å². The largest absolute Gasteiger partial charge is 0.416 e. The number of hydrogen-bond acceptors (Lipinski definition) is 4. The van der Waals surface area contributed by atoms with Crippen molar-refractivity contribution < 1.29 is 26.3 Å². The molecule has 0 aliphatic carbocycles. The third-order valence-corrected chi connectivity index (χ3v) is 6.45. The number of alkyl halides is 6. The molecule has 4 rings (SSSR count). The van der Waals surface area contributed by atoms with Gasteiger partial charge < -0.3 is 15.5 Å². The molecule has 2 aliphatic rings. The molecule has 194 valence electrons.